The molecule has 0 spiro atoms. The summed E-state index contributed by atoms with van der Waals surface area (Å²) < 4.78 is 11.9. The SMILES string of the molecule is CCCC(C)(C[C@]12CCN(C)[C@H](Cc3ccc(OC)c(O)c31)C2(C)O)OCCC(C)O. The van der Waals surface area contributed by atoms with Crippen LogP contribution in [0.5, 0.6) is 11.5 Å². The average molecular weight is 436 g/mol. The van der Waals surface area contributed by atoms with Crippen molar-refractivity contribution in [3.8, 4) is 11.5 Å². The van der Waals surface area contributed by atoms with Gasteiger partial charge in [0.15, 0.2) is 11.5 Å². The Morgan fingerprint density at radius 2 is 2.06 bits per heavy atom. The number of benzene rings is 1. The van der Waals surface area contributed by atoms with Crippen molar-refractivity contribution in [2.45, 2.75) is 95.0 Å². The highest BCUT2D eigenvalue weighted by Gasteiger charge is 2.62. The van der Waals surface area contributed by atoms with Crippen molar-refractivity contribution in [2.75, 3.05) is 27.3 Å². The molecule has 1 heterocycles. The molecular weight excluding hydrogens is 394 g/mol. The van der Waals surface area contributed by atoms with E-state index in [0.717, 1.165) is 36.9 Å². The molecule has 3 N–H and O–H groups in total. The first-order chi connectivity index (χ1) is 14.5. The normalized spacial score (nSPS) is 31.0. The third-order valence-electron chi connectivity index (χ3n) is 7.82. The van der Waals surface area contributed by atoms with Crippen LogP contribution in [-0.4, -0.2) is 70.9 Å². The summed E-state index contributed by atoms with van der Waals surface area (Å²) in [5.74, 6) is 0.588. The number of piperidine rings is 1. The summed E-state index contributed by atoms with van der Waals surface area (Å²) in [4.78, 5) is 2.24. The number of aromatic hydroxyl groups is 1. The van der Waals surface area contributed by atoms with Gasteiger partial charge in [0.05, 0.1) is 24.4 Å². The van der Waals surface area contributed by atoms with E-state index in [1.807, 2.05) is 19.1 Å². The third-order valence-corrected chi connectivity index (χ3v) is 7.82. The van der Waals surface area contributed by atoms with Gasteiger partial charge in [-0.25, -0.2) is 0 Å². The summed E-state index contributed by atoms with van der Waals surface area (Å²) in [5.41, 5.74) is -0.296. The van der Waals surface area contributed by atoms with Crippen molar-refractivity contribution >= 4 is 0 Å². The Hall–Kier alpha value is -1.34. The van der Waals surface area contributed by atoms with Gasteiger partial charge in [-0.15, -0.1) is 0 Å². The lowest BCUT2D eigenvalue weighted by atomic mass is 9.52. The molecule has 3 rings (SSSR count). The number of methoxy groups -OCH3 is 1. The van der Waals surface area contributed by atoms with Gasteiger partial charge in [-0.05, 0) is 78.1 Å². The van der Waals surface area contributed by atoms with Crippen LogP contribution in [0.1, 0.15) is 70.9 Å². The Morgan fingerprint density at radius 3 is 2.68 bits per heavy atom. The fourth-order valence-electron chi connectivity index (χ4n) is 6.16. The second-order valence-electron chi connectivity index (χ2n) is 10.2. The highest BCUT2D eigenvalue weighted by atomic mass is 16.5. The molecule has 6 nitrogen and oxygen atoms in total. The number of hydrogen-bond acceptors (Lipinski definition) is 6. The minimum absolute atomic E-state index is 0.0371. The first-order valence-corrected chi connectivity index (χ1v) is 11.7. The number of fused-ring (bicyclic) bond motifs is 4. The lowest BCUT2D eigenvalue weighted by molar-refractivity contribution is -0.161. The van der Waals surface area contributed by atoms with Crippen molar-refractivity contribution in [2.24, 2.45) is 0 Å². The minimum Gasteiger partial charge on any atom is -0.504 e. The molecule has 0 amide bonds. The van der Waals surface area contributed by atoms with Crippen LogP contribution < -0.4 is 4.74 Å². The Balaban J connectivity index is 2.12. The van der Waals surface area contributed by atoms with Gasteiger partial charge in [-0.1, -0.05) is 19.4 Å². The summed E-state index contributed by atoms with van der Waals surface area (Å²) in [7, 11) is 3.63. The van der Waals surface area contributed by atoms with Gasteiger partial charge in [0.2, 0.25) is 0 Å². The molecule has 6 heteroatoms. The van der Waals surface area contributed by atoms with Crippen molar-refractivity contribution < 1.29 is 24.8 Å². The van der Waals surface area contributed by atoms with E-state index in [4.69, 9.17) is 9.47 Å². The van der Waals surface area contributed by atoms with Crippen LogP contribution >= 0.6 is 0 Å². The predicted octanol–water partition coefficient (Wildman–Crippen LogP) is 3.39. The van der Waals surface area contributed by atoms with Gasteiger partial charge < -0.3 is 29.7 Å². The van der Waals surface area contributed by atoms with Crippen LogP contribution in [0.3, 0.4) is 0 Å². The molecule has 2 bridgehead atoms. The molecule has 1 aliphatic carbocycles. The van der Waals surface area contributed by atoms with E-state index in [2.05, 4.69) is 25.8 Å². The quantitative estimate of drug-likeness (QED) is 0.552. The second kappa shape index (κ2) is 8.89. The summed E-state index contributed by atoms with van der Waals surface area (Å²) in [5, 5.41) is 33.0. The Bertz CT molecular complexity index is 779. The van der Waals surface area contributed by atoms with E-state index in [9.17, 15) is 15.3 Å². The zero-order valence-electron chi connectivity index (χ0n) is 20.1. The highest BCUT2D eigenvalue weighted by molar-refractivity contribution is 5.57. The van der Waals surface area contributed by atoms with Crippen LogP contribution in [0.25, 0.3) is 0 Å². The zero-order valence-corrected chi connectivity index (χ0v) is 20.1. The number of likely N-dealkylation sites (N-methyl/N-ethyl adjacent to an activating group) is 1. The van der Waals surface area contributed by atoms with Gasteiger partial charge >= 0.3 is 0 Å². The predicted molar refractivity (Wildman–Crippen MR) is 122 cm³/mol. The Morgan fingerprint density at radius 1 is 1.35 bits per heavy atom. The maximum absolute atomic E-state index is 12.1. The minimum atomic E-state index is -1.04. The average Bonchev–Trinajstić information content (AvgIpc) is 2.67. The molecule has 2 aliphatic rings. The smallest absolute Gasteiger partial charge is 0.161 e. The monoisotopic (exact) mass is 435 g/mol. The molecule has 5 atom stereocenters. The number of hydrogen-bond donors (Lipinski definition) is 3. The molecule has 31 heavy (non-hydrogen) atoms. The van der Waals surface area contributed by atoms with E-state index in [1.165, 1.54) is 0 Å². The molecule has 1 aliphatic heterocycles. The van der Waals surface area contributed by atoms with Crippen LogP contribution in [0.15, 0.2) is 12.1 Å². The van der Waals surface area contributed by atoms with Crippen molar-refractivity contribution in [1.29, 1.82) is 0 Å². The zero-order chi connectivity index (χ0) is 23.0. The van der Waals surface area contributed by atoms with Gasteiger partial charge in [0.1, 0.15) is 0 Å². The fraction of sp³-hybridized carbons (Fsp3) is 0.760. The van der Waals surface area contributed by atoms with Crippen LogP contribution in [0.2, 0.25) is 0 Å². The molecule has 0 radical (unpaired) electrons. The molecule has 1 saturated heterocycles. The van der Waals surface area contributed by atoms with E-state index in [1.54, 1.807) is 14.0 Å². The second-order valence-corrected chi connectivity index (χ2v) is 10.2. The van der Waals surface area contributed by atoms with Crippen LogP contribution in [0, 0.1) is 0 Å². The lowest BCUT2D eigenvalue weighted by Gasteiger charge is -2.61. The summed E-state index contributed by atoms with van der Waals surface area (Å²) in [6.45, 7) is 9.26. The van der Waals surface area contributed by atoms with Crippen molar-refractivity contribution in [3.63, 3.8) is 0 Å². The molecule has 0 saturated carbocycles. The Kier molecular flexibility index (Phi) is 6.97. The van der Waals surface area contributed by atoms with Gasteiger partial charge in [-0.3, -0.25) is 0 Å². The molecule has 1 fully saturated rings. The molecular formula is C25H41NO5. The number of nitrogens with zero attached hydrogens (tertiary/aromatic N) is 1. The Labute approximate surface area is 187 Å². The maximum atomic E-state index is 12.1. The molecule has 176 valence electrons. The van der Waals surface area contributed by atoms with Gasteiger partial charge in [-0.2, -0.15) is 0 Å². The van der Waals surface area contributed by atoms with Gasteiger partial charge in [0, 0.05) is 23.6 Å². The van der Waals surface area contributed by atoms with Gasteiger partial charge in [0.25, 0.3) is 0 Å². The summed E-state index contributed by atoms with van der Waals surface area (Å²) in [6, 6.07) is 3.82. The maximum Gasteiger partial charge on any atom is 0.161 e. The molecule has 0 aromatic heterocycles. The number of phenols is 1. The fourth-order valence-corrected chi connectivity index (χ4v) is 6.16. The summed E-state index contributed by atoms with van der Waals surface area (Å²) in [6.07, 6.45) is 3.95. The molecule has 3 unspecified atom stereocenters. The van der Waals surface area contributed by atoms with E-state index < -0.39 is 22.7 Å². The number of aliphatic hydroxyl groups is 2. The lowest BCUT2D eigenvalue weighted by Crippen LogP contribution is -2.70. The largest absolute Gasteiger partial charge is 0.504 e. The van der Waals surface area contributed by atoms with E-state index in [-0.39, 0.29) is 11.8 Å². The standard InChI is InChI=1S/C25H41NO5/c1-7-11-23(3,31-14-10-17(2)27)16-25-12-13-26(5)20(24(25,4)29)15-18-8-9-19(30-6)22(28)21(18)25/h8-9,17,20,27-29H,7,10-16H2,1-6H3/t17?,20-,23?,24?,25-/m1/s1. The number of aliphatic hydroxyl groups excluding tert-OH is 1. The highest BCUT2D eigenvalue weighted by Crippen LogP contribution is 2.58. The van der Waals surface area contributed by atoms with Crippen LogP contribution in [0.4, 0.5) is 0 Å². The van der Waals surface area contributed by atoms with E-state index in [0.29, 0.717) is 31.6 Å². The number of likely N-dealkylation sites (tertiary alicyclic amines) is 1. The first-order valence-electron chi connectivity index (χ1n) is 11.7. The van der Waals surface area contributed by atoms with Crippen molar-refractivity contribution in [3.05, 3.63) is 23.3 Å². The number of rotatable bonds is 9. The van der Waals surface area contributed by atoms with Crippen molar-refractivity contribution in [1.82, 2.24) is 4.90 Å². The third kappa shape index (κ3) is 4.20. The summed E-state index contributed by atoms with van der Waals surface area (Å²) >= 11 is 0. The van der Waals surface area contributed by atoms with Crippen LogP contribution in [-0.2, 0) is 16.6 Å². The topological polar surface area (TPSA) is 82.4 Å². The first kappa shape index (κ1) is 24.3. The molecule has 1 aromatic rings. The number of phenolic OH excluding ortho intramolecular Hbond substituents is 1. The molecule has 1 aromatic carbocycles. The van der Waals surface area contributed by atoms with E-state index >= 15 is 0 Å². The number of ether oxygens (including phenoxy) is 2.